The predicted molar refractivity (Wildman–Crippen MR) is 35.3 cm³/mol. The zero-order valence-corrected chi connectivity index (χ0v) is 5.96. The molecule has 0 saturated heterocycles. The quantitative estimate of drug-likeness (QED) is 0.486. The van der Waals surface area contributed by atoms with Gasteiger partial charge < -0.3 is 10.3 Å². The summed E-state index contributed by atoms with van der Waals surface area (Å²) in [6.45, 7) is 3.99. The van der Waals surface area contributed by atoms with E-state index >= 15 is 0 Å². The zero-order chi connectivity index (χ0) is 7.28. The molecule has 2 atom stereocenters. The van der Waals surface area contributed by atoms with E-state index in [1.807, 2.05) is 13.8 Å². The minimum absolute atomic E-state index is 0.00843. The molecule has 0 radical (unpaired) electrons. The average molecular weight is 133 g/mol. The molecule has 3 heteroatoms. The van der Waals surface area contributed by atoms with E-state index in [4.69, 9.17) is 10.3 Å². The number of rotatable bonds is 4. The summed E-state index contributed by atoms with van der Waals surface area (Å²) in [6, 6.07) is -0.171. The lowest BCUT2D eigenvalue weighted by atomic mass is 10.0. The van der Waals surface area contributed by atoms with E-state index in [2.05, 4.69) is 5.48 Å². The van der Waals surface area contributed by atoms with Crippen LogP contribution in [0.4, 0.5) is 0 Å². The largest absolute Gasteiger partial charge is 0.395 e. The SMILES string of the molecule is CCC(C)C(CO)NO. The van der Waals surface area contributed by atoms with Crippen molar-refractivity contribution in [1.29, 1.82) is 0 Å². The van der Waals surface area contributed by atoms with E-state index in [9.17, 15) is 0 Å². The Labute approximate surface area is 55.7 Å². The summed E-state index contributed by atoms with van der Waals surface area (Å²) in [5.74, 6) is 0.319. The first-order chi connectivity index (χ1) is 4.26. The maximum absolute atomic E-state index is 8.61. The van der Waals surface area contributed by atoms with Gasteiger partial charge in [0.15, 0.2) is 0 Å². The van der Waals surface area contributed by atoms with Gasteiger partial charge in [-0.3, -0.25) is 0 Å². The third kappa shape index (κ3) is 2.79. The van der Waals surface area contributed by atoms with Gasteiger partial charge in [0, 0.05) is 0 Å². The number of aliphatic hydroxyl groups is 1. The van der Waals surface area contributed by atoms with Gasteiger partial charge in [0.1, 0.15) is 0 Å². The van der Waals surface area contributed by atoms with Crippen LogP contribution in [0.3, 0.4) is 0 Å². The fraction of sp³-hybridized carbons (Fsp3) is 1.00. The minimum atomic E-state index is -0.171. The van der Waals surface area contributed by atoms with E-state index in [1.54, 1.807) is 0 Å². The molecule has 0 aromatic carbocycles. The maximum atomic E-state index is 8.61. The van der Waals surface area contributed by atoms with E-state index < -0.39 is 0 Å². The number of hydroxylamine groups is 1. The summed E-state index contributed by atoms with van der Waals surface area (Å²) in [5, 5.41) is 17.0. The summed E-state index contributed by atoms with van der Waals surface area (Å²) in [6.07, 6.45) is 0.957. The van der Waals surface area contributed by atoms with Gasteiger partial charge in [-0.05, 0) is 5.92 Å². The lowest BCUT2D eigenvalue weighted by Crippen LogP contribution is -2.35. The van der Waals surface area contributed by atoms with Crippen molar-refractivity contribution in [1.82, 2.24) is 5.48 Å². The third-order valence-electron chi connectivity index (χ3n) is 1.69. The summed E-state index contributed by atoms with van der Waals surface area (Å²) in [4.78, 5) is 0. The average Bonchev–Trinajstić information content (AvgIpc) is 1.90. The first kappa shape index (κ1) is 8.88. The molecule has 0 aromatic heterocycles. The Morgan fingerprint density at radius 3 is 2.22 bits per heavy atom. The molecule has 0 aliphatic carbocycles. The first-order valence-corrected chi connectivity index (χ1v) is 3.26. The van der Waals surface area contributed by atoms with Crippen LogP contribution < -0.4 is 5.48 Å². The molecule has 3 N–H and O–H groups in total. The molecular formula is C6H15NO2. The Balaban J connectivity index is 3.50. The number of aliphatic hydroxyl groups excluding tert-OH is 1. The fourth-order valence-electron chi connectivity index (χ4n) is 0.633. The zero-order valence-electron chi connectivity index (χ0n) is 5.96. The highest BCUT2D eigenvalue weighted by atomic mass is 16.5. The molecule has 0 heterocycles. The van der Waals surface area contributed by atoms with E-state index in [1.165, 1.54) is 0 Å². The topological polar surface area (TPSA) is 52.5 Å². The van der Waals surface area contributed by atoms with E-state index in [0.717, 1.165) is 6.42 Å². The lowest BCUT2D eigenvalue weighted by Gasteiger charge is -2.17. The van der Waals surface area contributed by atoms with Crippen molar-refractivity contribution in [3.05, 3.63) is 0 Å². The van der Waals surface area contributed by atoms with Gasteiger partial charge >= 0.3 is 0 Å². The number of hydrogen-bond donors (Lipinski definition) is 3. The highest BCUT2D eigenvalue weighted by molar-refractivity contribution is 4.66. The molecule has 2 unspecified atom stereocenters. The standard InChI is InChI=1S/C6H15NO2/c1-3-5(2)6(4-8)7-9/h5-9H,3-4H2,1-2H3. The van der Waals surface area contributed by atoms with Gasteiger partial charge in [0.05, 0.1) is 12.6 Å². The Morgan fingerprint density at radius 1 is 1.56 bits per heavy atom. The van der Waals surface area contributed by atoms with Crippen LogP contribution in [-0.4, -0.2) is 23.0 Å². The molecule has 0 fully saturated rings. The summed E-state index contributed by atoms with van der Waals surface area (Å²) < 4.78 is 0. The first-order valence-electron chi connectivity index (χ1n) is 3.26. The normalized spacial score (nSPS) is 17.3. The lowest BCUT2D eigenvalue weighted by molar-refractivity contribution is 0.0642. The molecule has 0 bridgehead atoms. The minimum Gasteiger partial charge on any atom is -0.395 e. The van der Waals surface area contributed by atoms with Gasteiger partial charge in [-0.1, -0.05) is 20.3 Å². The molecule has 0 aliphatic rings. The van der Waals surface area contributed by atoms with Crippen molar-refractivity contribution in [3.8, 4) is 0 Å². The molecule has 0 aromatic rings. The third-order valence-corrected chi connectivity index (χ3v) is 1.69. The second-order valence-electron chi connectivity index (χ2n) is 2.30. The van der Waals surface area contributed by atoms with Crippen LogP contribution in [0.25, 0.3) is 0 Å². The van der Waals surface area contributed by atoms with Crippen LogP contribution in [-0.2, 0) is 0 Å². The second-order valence-corrected chi connectivity index (χ2v) is 2.30. The molecule has 0 saturated carbocycles. The summed E-state index contributed by atoms with van der Waals surface area (Å²) in [7, 11) is 0. The summed E-state index contributed by atoms with van der Waals surface area (Å²) in [5.41, 5.74) is 2.05. The van der Waals surface area contributed by atoms with Crippen molar-refractivity contribution < 1.29 is 10.3 Å². The monoisotopic (exact) mass is 133 g/mol. The number of hydrogen-bond acceptors (Lipinski definition) is 3. The molecule has 56 valence electrons. The van der Waals surface area contributed by atoms with E-state index in [0.29, 0.717) is 5.92 Å². The maximum Gasteiger partial charge on any atom is 0.0610 e. The van der Waals surface area contributed by atoms with Crippen LogP contribution in [0.5, 0.6) is 0 Å². The van der Waals surface area contributed by atoms with Gasteiger partial charge in [-0.25, -0.2) is 0 Å². The van der Waals surface area contributed by atoms with Crippen LogP contribution in [0.2, 0.25) is 0 Å². The second kappa shape index (κ2) is 4.73. The van der Waals surface area contributed by atoms with Crippen molar-refractivity contribution in [2.45, 2.75) is 26.3 Å². The smallest absolute Gasteiger partial charge is 0.0610 e. The van der Waals surface area contributed by atoms with Gasteiger partial charge in [-0.2, -0.15) is 5.48 Å². The van der Waals surface area contributed by atoms with Gasteiger partial charge in [-0.15, -0.1) is 0 Å². The molecule has 3 nitrogen and oxygen atoms in total. The van der Waals surface area contributed by atoms with Gasteiger partial charge in [0.25, 0.3) is 0 Å². The fourth-order valence-corrected chi connectivity index (χ4v) is 0.633. The van der Waals surface area contributed by atoms with Crippen molar-refractivity contribution >= 4 is 0 Å². The summed E-state index contributed by atoms with van der Waals surface area (Å²) >= 11 is 0. The molecule has 0 spiro atoms. The van der Waals surface area contributed by atoms with E-state index in [-0.39, 0.29) is 12.6 Å². The Bertz CT molecular complexity index is 64.1. The van der Waals surface area contributed by atoms with Gasteiger partial charge in [0.2, 0.25) is 0 Å². The Morgan fingerprint density at radius 2 is 2.11 bits per heavy atom. The van der Waals surface area contributed by atoms with Crippen LogP contribution in [0.15, 0.2) is 0 Å². The highest BCUT2D eigenvalue weighted by Crippen LogP contribution is 2.05. The van der Waals surface area contributed by atoms with Crippen LogP contribution >= 0.6 is 0 Å². The molecular weight excluding hydrogens is 118 g/mol. The van der Waals surface area contributed by atoms with Crippen molar-refractivity contribution in [2.24, 2.45) is 5.92 Å². The predicted octanol–water partition coefficient (Wildman–Crippen LogP) is 0.372. The molecule has 9 heavy (non-hydrogen) atoms. The van der Waals surface area contributed by atoms with Crippen molar-refractivity contribution in [3.63, 3.8) is 0 Å². The molecule has 0 rings (SSSR count). The molecule has 0 aliphatic heterocycles. The van der Waals surface area contributed by atoms with Crippen LogP contribution in [0, 0.1) is 5.92 Å². The highest BCUT2D eigenvalue weighted by Gasteiger charge is 2.11. The number of nitrogens with one attached hydrogen (secondary N) is 1. The molecule has 0 amide bonds. The Kier molecular flexibility index (Phi) is 4.67. The van der Waals surface area contributed by atoms with Crippen molar-refractivity contribution in [2.75, 3.05) is 6.61 Å². The Hall–Kier alpha value is -0.120. The van der Waals surface area contributed by atoms with Crippen LogP contribution in [0.1, 0.15) is 20.3 Å².